The predicted molar refractivity (Wildman–Crippen MR) is 59.9 cm³/mol. The Hall–Kier alpha value is -0.620. The molecule has 0 radical (unpaired) electrons. The van der Waals surface area contributed by atoms with E-state index in [4.69, 9.17) is 17.3 Å². The van der Waals surface area contributed by atoms with Crippen molar-refractivity contribution >= 4 is 39.4 Å². The number of nitrogens with two attached hydrogens (primary N) is 1. The quantitative estimate of drug-likeness (QED) is 0.856. The number of thiazole rings is 1. The third kappa shape index (κ3) is 1.90. The van der Waals surface area contributed by atoms with Crippen molar-refractivity contribution in [3.8, 4) is 0 Å². The van der Waals surface area contributed by atoms with Crippen molar-refractivity contribution in [3.05, 3.63) is 32.4 Å². The number of thiophene rings is 1. The molecule has 1 atom stereocenters. The monoisotopic (exact) mass is 246 g/mol. The summed E-state index contributed by atoms with van der Waals surface area (Å²) in [7, 11) is 0. The highest BCUT2D eigenvalue weighted by Gasteiger charge is 2.15. The van der Waals surface area contributed by atoms with Crippen LogP contribution in [0.3, 0.4) is 0 Å². The van der Waals surface area contributed by atoms with Crippen LogP contribution in [-0.4, -0.2) is 10.1 Å². The van der Waals surface area contributed by atoms with Gasteiger partial charge in [-0.3, -0.25) is 0 Å². The van der Waals surface area contributed by atoms with Gasteiger partial charge in [0.1, 0.15) is 6.10 Å². The molecule has 3 N–H and O–H groups in total. The van der Waals surface area contributed by atoms with Crippen molar-refractivity contribution in [1.82, 2.24) is 4.98 Å². The van der Waals surface area contributed by atoms with E-state index in [2.05, 4.69) is 4.98 Å². The van der Waals surface area contributed by atoms with Gasteiger partial charge in [-0.2, -0.15) is 0 Å². The lowest BCUT2D eigenvalue weighted by atomic mass is 10.2. The Morgan fingerprint density at radius 3 is 2.79 bits per heavy atom. The van der Waals surface area contributed by atoms with Gasteiger partial charge < -0.3 is 10.8 Å². The van der Waals surface area contributed by atoms with Crippen molar-refractivity contribution < 1.29 is 5.11 Å². The molecule has 0 saturated heterocycles. The van der Waals surface area contributed by atoms with Crippen LogP contribution < -0.4 is 5.73 Å². The van der Waals surface area contributed by atoms with Crippen molar-refractivity contribution in [3.63, 3.8) is 0 Å². The fourth-order valence-electron chi connectivity index (χ4n) is 1.04. The number of aliphatic hydroxyl groups is 1. The highest BCUT2D eigenvalue weighted by molar-refractivity contribution is 7.15. The molecule has 1 unspecified atom stereocenters. The van der Waals surface area contributed by atoms with Gasteiger partial charge in [-0.15, -0.1) is 11.3 Å². The number of rotatable bonds is 2. The molecule has 2 aromatic rings. The normalized spacial score (nSPS) is 13.0. The van der Waals surface area contributed by atoms with Gasteiger partial charge >= 0.3 is 0 Å². The summed E-state index contributed by atoms with van der Waals surface area (Å²) >= 11 is 8.46. The fraction of sp³-hybridized carbons (Fsp3) is 0.125. The highest BCUT2D eigenvalue weighted by Crippen LogP contribution is 2.32. The molecular formula is C8H7ClN2OS2. The van der Waals surface area contributed by atoms with Crippen molar-refractivity contribution in [2.24, 2.45) is 0 Å². The van der Waals surface area contributed by atoms with Crippen molar-refractivity contribution in [2.45, 2.75) is 6.10 Å². The number of nitrogens with zero attached hydrogens (tertiary/aromatic N) is 1. The van der Waals surface area contributed by atoms with Crippen LogP contribution in [0.4, 0.5) is 5.13 Å². The molecule has 0 saturated carbocycles. The van der Waals surface area contributed by atoms with E-state index >= 15 is 0 Å². The number of hydrogen-bond acceptors (Lipinski definition) is 5. The molecular weight excluding hydrogens is 240 g/mol. The minimum absolute atomic E-state index is 0.460. The topological polar surface area (TPSA) is 59.1 Å². The number of nitrogen functional groups attached to an aromatic ring is 1. The number of hydrogen-bond donors (Lipinski definition) is 2. The van der Waals surface area contributed by atoms with Crippen LogP contribution in [0, 0.1) is 0 Å². The Morgan fingerprint density at radius 1 is 1.50 bits per heavy atom. The first kappa shape index (κ1) is 9.92. The zero-order chi connectivity index (χ0) is 10.1. The summed E-state index contributed by atoms with van der Waals surface area (Å²) < 4.78 is 0. The molecule has 3 nitrogen and oxygen atoms in total. The first-order valence-electron chi connectivity index (χ1n) is 3.80. The molecule has 0 aliphatic heterocycles. The second-order valence-corrected chi connectivity index (χ2v) is 5.14. The van der Waals surface area contributed by atoms with Gasteiger partial charge in [-0.1, -0.05) is 22.9 Å². The van der Waals surface area contributed by atoms with E-state index < -0.39 is 6.10 Å². The van der Waals surface area contributed by atoms with E-state index in [-0.39, 0.29) is 0 Å². The summed E-state index contributed by atoms with van der Waals surface area (Å²) in [5.74, 6) is 0. The van der Waals surface area contributed by atoms with E-state index in [0.29, 0.717) is 10.2 Å². The van der Waals surface area contributed by atoms with Gasteiger partial charge in [0.2, 0.25) is 0 Å². The van der Waals surface area contributed by atoms with Gasteiger partial charge in [0.05, 0.1) is 9.90 Å². The van der Waals surface area contributed by atoms with Crippen LogP contribution in [0.15, 0.2) is 17.6 Å². The zero-order valence-electron chi connectivity index (χ0n) is 6.98. The molecule has 0 aliphatic rings. The molecule has 0 aromatic carbocycles. The molecule has 0 amide bonds. The lowest BCUT2D eigenvalue weighted by Crippen LogP contribution is -1.92. The minimum Gasteiger partial charge on any atom is -0.382 e. The van der Waals surface area contributed by atoms with Gasteiger partial charge in [0.25, 0.3) is 0 Å². The van der Waals surface area contributed by atoms with Crippen LogP contribution >= 0.6 is 34.3 Å². The van der Waals surface area contributed by atoms with E-state index in [9.17, 15) is 5.11 Å². The molecule has 74 valence electrons. The summed E-state index contributed by atoms with van der Waals surface area (Å²) in [5, 5.41) is 12.8. The molecule has 14 heavy (non-hydrogen) atoms. The van der Waals surface area contributed by atoms with Crippen LogP contribution in [-0.2, 0) is 0 Å². The van der Waals surface area contributed by atoms with E-state index in [1.807, 2.05) is 0 Å². The maximum absolute atomic E-state index is 9.89. The van der Waals surface area contributed by atoms with Crippen LogP contribution in [0.2, 0.25) is 5.02 Å². The summed E-state index contributed by atoms with van der Waals surface area (Å²) in [4.78, 5) is 5.42. The molecule has 0 spiro atoms. The summed E-state index contributed by atoms with van der Waals surface area (Å²) in [6.45, 7) is 0. The second kappa shape index (κ2) is 3.86. The standard InChI is InChI=1S/C8H7ClN2OS2/c9-4-1-5(13-3-4)7(12)6-2-11-8(10)14-6/h1-3,7,12H,(H2,10,11). The van der Waals surface area contributed by atoms with Crippen molar-refractivity contribution in [1.29, 1.82) is 0 Å². The second-order valence-electron chi connectivity index (χ2n) is 2.67. The fourth-order valence-corrected chi connectivity index (χ4v) is 2.89. The molecule has 2 rings (SSSR count). The van der Waals surface area contributed by atoms with E-state index in [0.717, 1.165) is 9.75 Å². The molecule has 0 fully saturated rings. The van der Waals surface area contributed by atoms with Gasteiger partial charge in [0, 0.05) is 16.5 Å². The maximum atomic E-state index is 9.89. The SMILES string of the molecule is Nc1ncc(C(O)c2cc(Cl)cs2)s1. The number of halogens is 1. The predicted octanol–water partition coefficient (Wildman–Crippen LogP) is 2.52. The molecule has 0 aliphatic carbocycles. The van der Waals surface area contributed by atoms with Crippen LogP contribution in [0.25, 0.3) is 0 Å². The average molecular weight is 247 g/mol. The third-order valence-corrected chi connectivity index (χ3v) is 3.88. The van der Waals surface area contributed by atoms with Gasteiger partial charge in [-0.25, -0.2) is 4.98 Å². The number of anilines is 1. The van der Waals surface area contributed by atoms with Gasteiger partial charge in [0.15, 0.2) is 5.13 Å². The Bertz CT molecular complexity index is 400. The Morgan fingerprint density at radius 2 is 2.29 bits per heavy atom. The lowest BCUT2D eigenvalue weighted by molar-refractivity contribution is 0.228. The third-order valence-electron chi connectivity index (χ3n) is 1.67. The maximum Gasteiger partial charge on any atom is 0.180 e. The molecule has 6 heteroatoms. The Balaban J connectivity index is 2.28. The molecule has 0 bridgehead atoms. The highest BCUT2D eigenvalue weighted by atomic mass is 35.5. The van der Waals surface area contributed by atoms with Crippen molar-refractivity contribution in [2.75, 3.05) is 5.73 Å². The Kier molecular flexibility index (Phi) is 2.73. The summed E-state index contributed by atoms with van der Waals surface area (Å²) in [6, 6.07) is 1.74. The number of aliphatic hydroxyl groups excluding tert-OH is 1. The Labute approximate surface area is 93.8 Å². The molecule has 2 heterocycles. The van der Waals surface area contributed by atoms with E-state index in [1.165, 1.54) is 22.7 Å². The first-order chi connectivity index (χ1) is 6.66. The summed E-state index contributed by atoms with van der Waals surface area (Å²) in [5.41, 5.74) is 5.47. The van der Waals surface area contributed by atoms with Crippen LogP contribution in [0.5, 0.6) is 0 Å². The first-order valence-corrected chi connectivity index (χ1v) is 5.87. The van der Waals surface area contributed by atoms with E-state index in [1.54, 1.807) is 17.6 Å². The van der Waals surface area contributed by atoms with Gasteiger partial charge in [-0.05, 0) is 6.07 Å². The smallest absolute Gasteiger partial charge is 0.180 e. The van der Waals surface area contributed by atoms with Crippen LogP contribution in [0.1, 0.15) is 15.9 Å². The lowest BCUT2D eigenvalue weighted by Gasteiger charge is -2.03. The number of aromatic nitrogens is 1. The minimum atomic E-state index is -0.665. The zero-order valence-corrected chi connectivity index (χ0v) is 9.36. The average Bonchev–Trinajstić information content (AvgIpc) is 2.73. The largest absolute Gasteiger partial charge is 0.382 e. The summed E-state index contributed by atoms with van der Waals surface area (Å²) in [6.07, 6.45) is 0.917. The molecule has 2 aromatic heterocycles.